The lowest BCUT2D eigenvalue weighted by Gasteiger charge is -2.15. The zero-order chi connectivity index (χ0) is 17.1. The van der Waals surface area contributed by atoms with Gasteiger partial charge in [0.1, 0.15) is 5.82 Å². The SMILES string of the molecule is CC(C)[C@H](N)C(=O)NCC(=O)Nc1nc2cc(F)ccc2n1C. The molecule has 0 fully saturated rings. The van der Waals surface area contributed by atoms with Crippen LogP contribution in [0, 0.1) is 11.7 Å². The van der Waals surface area contributed by atoms with E-state index in [1.807, 2.05) is 13.8 Å². The number of nitrogens with one attached hydrogen (secondary N) is 2. The Morgan fingerprint density at radius 3 is 2.74 bits per heavy atom. The largest absolute Gasteiger partial charge is 0.346 e. The van der Waals surface area contributed by atoms with Crippen molar-refractivity contribution in [3.8, 4) is 0 Å². The molecule has 0 unspecified atom stereocenters. The minimum absolute atomic E-state index is 0.0206. The average molecular weight is 321 g/mol. The first-order chi connectivity index (χ1) is 10.8. The van der Waals surface area contributed by atoms with Gasteiger partial charge in [0.15, 0.2) is 0 Å². The second kappa shape index (κ2) is 6.74. The lowest BCUT2D eigenvalue weighted by molar-refractivity contribution is -0.125. The molecule has 0 bridgehead atoms. The van der Waals surface area contributed by atoms with E-state index < -0.39 is 17.8 Å². The molecule has 0 spiro atoms. The smallest absolute Gasteiger partial charge is 0.246 e. The summed E-state index contributed by atoms with van der Waals surface area (Å²) in [4.78, 5) is 27.8. The number of imidazole rings is 1. The number of aryl methyl sites for hydroxylation is 1. The quantitative estimate of drug-likeness (QED) is 0.756. The highest BCUT2D eigenvalue weighted by molar-refractivity contribution is 5.95. The molecule has 7 nitrogen and oxygen atoms in total. The van der Waals surface area contributed by atoms with Gasteiger partial charge in [0, 0.05) is 13.1 Å². The summed E-state index contributed by atoms with van der Waals surface area (Å²) in [5, 5.41) is 5.05. The standard InChI is InChI=1S/C15H20FN5O2/c1-8(2)13(17)14(23)18-7-12(22)20-15-19-10-6-9(16)4-5-11(10)21(15)3/h4-6,8,13H,7,17H2,1-3H3,(H,18,23)(H,19,20,22)/t13-/m0/s1. The predicted octanol–water partition coefficient (Wildman–Crippen LogP) is 0.750. The van der Waals surface area contributed by atoms with E-state index in [1.165, 1.54) is 12.1 Å². The third-order valence-electron chi connectivity index (χ3n) is 3.54. The minimum atomic E-state index is -0.665. The van der Waals surface area contributed by atoms with E-state index in [0.717, 1.165) is 0 Å². The third-order valence-corrected chi connectivity index (χ3v) is 3.54. The van der Waals surface area contributed by atoms with Crippen molar-refractivity contribution in [1.29, 1.82) is 0 Å². The molecule has 23 heavy (non-hydrogen) atoms. The van der Waals surface area contributed by atoms with Gasteiger partial charge in [0.25, 0.3) is 0 Å². The fourth-order valence-electron chi connectivity index (χ4n) is 2.04. The first-order valence-electron chi connectivity index (χ1n) is 7.24. The van der Waals surface area contributed by atoms with Crippen molar-refractivity contribution in [3.05, 3.63) is 24.0 Å². The summed E-state index contributed by atoms with van der Waals surface area (Å²) in [6.07, 6.45) is 0. The van der Waals surface area contributed by atoms with Crippen LogP contribution in [0.15, 0.2) is 18.2 Å². The first kappa shape index (κ1) is 16.9. The molecule has 124 valence electrons. The van der Waals surface area contributed by atoms with Crippen LogP contribution >= 0.6 is 0 Å². The molecular weight excluding hydrogens is 301 g/mol. The molecule has 0 aliphatic rings. The van der Waals surface area contributed by atoms with Crippen LogP contribution in [0.25, 0.3) is 11.0 Å². The maximum absolute atomic E-state index is 13.2. The summed E-state index contributed by atoms with van der Waals surface area (Å²) in [6, 6.07) is 3.52. The Labute approximate surface area is 133 Å². The van der Waals surface area contributed by atoms with Crippen molar-refractivity contribution in [2.75, 3.05) is 11.9 Å². The van der Waals surface area contributed by atoms with Crippen LogP contribution in [0.1, 0.15) is 13.8 Å². The average Bonchev–Trinajstić information content (AvgIpc) is 2.79. The van der Waals surface area contributed by atoms with E-state index >= 15 is 0 Å². The molecule has 2 aromatic rings. The van der Waals surface area contributed by atoms with Crippen molar-refractivity contribution < 1.29 is 14.0 Å². The molecule has 1 atom stereocenters. The molecular formula is C15H20FN5O2. The monoisotopic (exact) mass is 321 g/mol. The minimum Gasteiger partial charge on any atom is -0.346 e. The summed E-state index contributed by atoms with van der Waals surface area (Å²) in [7, 11) is 1.70. The molecule has 0 aliphatic heterocycles. The number of hydrogen-bond acceptors (Lipinski definition) is 4. The molecule has 4 N–H and O–H groups in total. The number of fused-ring (bicyclic) bond motifs is 1. The molecule has 1 aromatic carbocycles. The fourth-order valence-corrected chi connectivity index (χ4v) is 2.04. The molecule has 1 heterocycles. The summed E-state index contributed by atoms with van der Waals surface area (Å²) in [5.41, 5.74) is 6.82. The number of halogens is 1. The summed E-state index contributed by atoms with van der Waals surface area (Å²) >= 11 is 0. The Hall–Kier alpha value is -2.48. The van der Waals surface area contributed by atoms with Gasteiger partial charge in [-0.1, -0.05) is 13.8 Å². The van der Waals surface area contributed by atoms with E-state index in [-0.39, 0.29) is 24.3 Å². The number of nitrogens with two attached hydrogens (primary N) is 1. The number of carbonyl (C=O) groups excluding carboxylic acids is 2. The number of carbonyl (C=O) groups is 2. The van der Waals surface area contributed by atoms with Gasteiger partial charge < -0.3 is 15.6 Å². The van der Waals surface area contributed by atoms with E-state index in [2.05, 4.69) is 15.6 Å². The van der Waals surface area contributed by atoms with Crippen LogP contribution in [0.3, 0.4) is 0 Å². The van der Waals surface area contributed by atoms with E-state index in [0.29, 0.717) is 11.0 Å². The van der Waals surface area contributed by atoms with Crippen molar-refractivity contribution in [1.82, 2.24) is 14.9 Å². The molecule has 1 aromatic heterocycles. The molecule has 2 amide bonds. The zero-order valence-corrected chi connectivity index (χ0v) is 13.3. The summed E-state index contributed by atoms with van der Waals surface area (Å²) < 4.78 is 14.8. The van der Waals surface area contributed by atoms with Gasteiger partial charge in [0.2, 0.25) is 17.8 Å². The molecule has 0 saturated carbocycles. The second-order valence-corrected chi connectivity index (χ2v) is 5.66. The van der Waals surface area contributed by atoms with Crippen molar-refractivity contribution in [2.24, 2.45) is 18.7 Å². The lowest BCUT2D eigenvalue weighted by atomic mass is 10.1. The number of anilines is 1. The highest BCUT2D eigenvalue weighted by Crippen LogP contribution is 2.18. The lowest BCUT2D eigenvalue weighted by Crippen LogP contribution is -2.46. The molecule has 8 heteroatoms. The second-order valence-electron chi connectivity index (χ2n) is 5.66. The number of benzene rings is 1. The van der Waals surface area contributed by atoms with Crippen LogP contribution in [0.2, 0.25) is 0 Å². The van der Waals surface area contributed by atoms with Gasteiger partial charge >= 0.3 is 0 Å². The van der Waals surface area contributed by atoms with Crippen LogP contribution < -0.4 is 16.4 Å². The Morgan fingerprint density at radius 1 is 1.39 bits per heavy atom. The maximum Gasteiger partial charge on any atom is 0.246 e. The summed E-state index contributed by atoms with van der Waals surface area (Å²) in [6.45, 7) is 3.43. The normalized spacial score (nSPS) is 12.4. The third kappa shape index (κ3) is 3.84. The van der Waals surface area contributed by atoms with Gasteiger partial charge in [-0.2, -0.15) is 0 Å². The molecule has 0 aliphatic carbocycles. The van der Waals surface area contributed by atoms with Gasteiger partial charge in [-0.3, -0.25) is 14.9 Å². The van der Waals surface area contributed by atoms with Gasteiger partial charge in [-0.15, -0.1) is 0 Å². The van der Waals surface area contributed by atoms with Crippen LogP contribution in [0.5, 0.6) is 0 Å². The van der Waals surface area contributed by atoms with Crippen LogP contribution in [-0.4, -0.2) is 34.0 Å². The first-order valence-corrected chi connectivity index (χ1v) is 7.24. The maximum atomic E-state index is 13.2. The Kier molecular flexibility index (Phi) is 4.95. The number of rotatable bonds is 5. The Morgan fingerprint density at radius 2 is 2.09 bits per heavy atom. The highest BCUT2D eigenvalue weighted by atomic mass is 19.1. The highest BCUT2D eigenvalue weighted by Gasteiger charge is 2.18. The Bertz CT molecular complexity index is 741. The van der Waals surface area contributed by atoms with Crippen molar-refractivity contribution >= 4 is 28.8 Å². The number of nitrogens with zero attached hydrogens (tertiary/aromatic N) is 2. The topological polar surface area (TPSA) is 102 Å². The zero-order valence-electron chi connectivity index (χ0n) is 13.3. The van der Waals surface area contributed by atoms with E-state index in [9.17, 15) is 14.0 Å². The molecule has 2 rings (SSSR count). The fraction of sp³-hybridized carbons (Fsp3) is 0.400. The van der Waals surface area contributed by atoms with Crippen LogP contribution in [0.4, 0.5) is 10.3 Å². The van der Waals surface area contributed by atoms with Gasteiger partial charge in [-0.25, -0.2) is 9.37 Å². The number of hydrogen-bond donors (Lipinski definition) is 3. The molecule has 0 radical (unpaired) electrons. The van der Waals surface area contributed by atoms with Crippen molar-refractivity contribution in [2.45, 2.75) is 19.9 Å². The predicted molar refractivity (Wildman–Crippen MR) is 85.1 cm³/mol. The van der Waals surface area contributed by atoms with Crippen LogP contribution in [-0.2, 0) is 16.6 Å². The van der Waals surface area contributed by atoms with Crippen molar-refractivity contribution in [3.63, 3.8) is 0 Å². The Balaban J connectivity index is 2.01. The number of aromatic nitrogens is 2. The molecule has 0 saturated heterocycles. The summed E-state index contributed by atoms with van der Waals surface area (Å²) in [5.74, 6) is -0.968. The van der Waals surface area contributed by atoms with Gasteiger partial charge in [0.05, 0.1) is 23.6 Å². The number of amides is 2. The van der Waals surface area contributed by atoms with E-state index in [1.54, 1.807) is 17.7 Å². The van der Waals surface area contributed by atoms with Gasteiger partial charge in [-0.05, 0) is 18.1 Å². The van der Waals surface area contributed by atoms with E-state index in [4.69, 9.17) is 5.73 Å².